The quantitative estimate of drug-likeness (QED) is 0.449. The largest absolute Gasteiger partial charge is 0.444 e. The number of aromatic amines is 1. The first-order valence-corrected chi connectivity index (χ1v) is 9.31. The summed E-state index contributed by atoms with van der Waals surface area (Å²) in [6.45, 7) is 2.11. The van der Waals surface area contributed by atoms with E-state index in [-0.39, 0.29) is 12.4 Å². The van der Waals surface area contributed by atoms with Gasteiger partial charge in [0.2, 0.25) is 5.78 Å². The van der Waals surface area contributed by atoms with E-state index in [0.717, 1.165) is 22.0 Å². The van der Waals surface area contributed by atoms with Gasteiger partial charge in [-0.15, -0.1) is 0 Å². The van der Waals surface area contributed by atoms with Gasteiger partial charge in [0.1, 0.15) is 12.3 Å². The molecule has 5 nitrogen and oxygen atoms in total. The highest BCUT2D eigenvalue weighted by Crippen LogP contribution is 2.29. The third kappa shape index (κ3) is 4.04. The number of amides is 1. The molecule has 0 fully saturated rings. The molecule has 29 heavy (non-hydrogen) atoms. The molecule has 144 valence electrons. The average molecular weight is 384 g/mol. The Labute approximate surface area is 168 Å². The van der Waals surface area contributed by atoms with Crippen LogP contribution in [-0.2, 0) is 11.3 Å². The van der Waals surface area contributed by atoms with Crippen LogP contribution in [0.2, 0.25) is 0 Å². The first kappa shape index (κ1) is 18.5. The lowest BCUT2D eigenvalue weighted by molar-refractivity contribution is 0.103. The zero-order chi connectivity index (χ0) is 20.2. The van der Waals surface area contributed by atoms with Crippen molar-refractivity contribution in [3.8, 4) is 0 Å². The Bertz CT molecular complexity index is 1160. The Balaban J connectivity index is 1.62. The predicted octanol–water partition coefficient (Wildman–Crippen LogP) is 5.46. The van der Waals surface area contributed by atoms with Gasteiger partial charge < -0.3 is 9.72 Å². The van der Waals surface area contributed by atoms with Gasteiger partial charge in [0, 0.05) is 16.5 Å². The molecule has 2 N–H and O–H groups in total. The molecule has 0 saturated carbocycles. The molecule has 0 spiro atoms. The van der Waals surface area contributed by atoms with Gasteiger partial charge in [-0.1, -0.05) is 78.4 Å². The van der Waals surface area contributed by atoms with E-state index in [4.69, 9.17) is 4.74 Å². The van der Waals surface area contributed by atoms with Gasteiger partial charge in [0.05, 0.1) is 5.69 Å². The maximum absolute atomic E-state index is 13.1. The molecule has 0 radical (unpaired) electrons. The minimum absolute atomic E-state index is 0.149. The number of carbonyl (C=O) groups is 2. The third-order valence-corrected chi connectivity index (χ3v) is 4.69. The van der Waals surface area contributed by atoms with Crippen LogP contribution < -0.4 is 5.32 Å². The molecule has 0 bridgehead atoms. The summed E-state index contributed by atoms with van der Waals surface area (Å²) in [5.74, 6) is -0.195. The number of ether oxygens (including phenoxy) is 1. The molecule has 5 heteroatoms. The molecule has 3 aromatic carbocycles. The van der Waals surface area contributed by atoms with Crippen molar-refractivity contribution in [1.29, 1.82) is 0 Å². The van der Waals surface area contributed by atoms with E-state index in [1.807, 2.05) is 73.7 Å². The number of para-hydroxylation sites is 1. The molecule has 0 aliphatic carbocycles. The Morgan fingerprint density at radius 1 is 0.897 bits per heavy atom. The average Bonchev–Trinajstić information content (AvgIpc) is 3.11. The van der Waals surface area contributed by atoms with Crippen LogP contribution in [0, 0.1) is 6.92 Å². The number of aryl methyl sites for hydroxylation is 1. The van der Waals surface area contributed by atoms with Crippen molar-refractivity contribution in [1.82, 2.24) is 4.98 Å². The van der Waals surface area contributed by atoms with Gasteiger partial charge in [0.25, 0.3) is 0 Å². The summed E-state index contributed by atoms with van der Waals surface area (Å²) in [5.41, 5.74) is 4.01. The van der Waals surface area contributed by atoms with E-state index < -0.39 is 6.09 Å². The summed E-state index contributed by atoms with van der Waals surface area (Å²) in [5, 5.41) is 3.50. The fourth-order valence-electron chi connectivity index (χ4n) is 3.15. The highest BCUT2D eigenvalue weighted by atomic mass is 16.5. The third-order valence-electron chi connectivity index (χ3n) is 4.69. The van der Waals surface area contributed by atoms with Gasteiger partial charge in [-0.2, -0.15) is 0 Å². The van der Waals surface area contributed by atoms with Gasteiger partial charge in [-0.25, -0.2) is 4.79 Å². The molecule has 0 saturated heterocycles. The first-order chi connectivity index (χ1) is 14.1. The van der Waals surface area contributed by atoms with Crippen molar-refractivity contribution in [3.63, 3.8) is 0 Å². The second-order valence-electron chi connectivity index (χ2n) is 6.80. The minimum atomic E-state index is -0.614. The summed E-state index contributed by atoms with van der Waals surface area (Å²) in [6.07, 6.45) is -0.614. The fourth-order valence-corrected chi connectivity index (χ4v) is 3.15. The maximum atomic E-state index is 13.1. The number of benzene rings is 3. The highest BCUT2D eigenvalue weighted by Gasteiger charge is 2.21. The van der Waals surface area contributed by atoms with Crippen LogP contribution in [-0.4, -0.2) is 16.9 Å². The van der Waals surface area contributed by atoms with Crippen LogP contribution in [0.4, 0.5) is 10.5 Å². The topological polar surface area (TPSA) is 71.2 Å². The maximum Gasteiger partial charge on any atom is 0.412 e. The van der Waals surface area contributed by atoms with Gasteiger partial charge in [-0.3, -0.25) is 10.1 Å². The fraction of sp³-hybridized carbons (Fsp3) is 0.0833. The molecule has 0 aliphatic heterocycles. The van der Waals surface area contributed by atoms with Gasteiger partial charge in [0.15, 0.2) is 0 Å². The zero-order valence-corrected chi connectivity index (χ0v) is 15.9. The molecule has 0 atom stereocenters. The number of hydrogen-bond acceptors (Lipinski definition) is 3. The van der Waals surface area contributed by atoms with E-state index >= 15 is 0 Å². The first-order valence-electron chi connectivity index (χ1n) is 9.31. The van der Waals surface area contributed by atoms with Crippen LogP contribution in [0.5, 0.6) is 0 Å². The van der Waals surface area contributed by atoms with Crippen molar-refractivity contribution in [2.75, 3.05) is 5.32 Å². The Kier molecular flexibility index (Phi) is 5.12. The minimum Gasteiger partial charge on any atom is -0.444 e. The molecule has 1 heterocycles. The lowest BCUT2D eigenvalue weighted by Gasteiger charge is -2.09. The Morgan fingerprint density at radius 3 is 2.34 bits per heavy atom. The number of hydrogen-bond donors (Lipinski definition) is 2. The molecular weight excluding hydrogens is 364 g/mol. The summed E-state index contributed by atoms with van der Waals surface area (Å²) >= 11 is 0. The molecule has 0 aliphatic rings. The summed E-state index contributed by atoms with van der Waals surface area (Å²) in [7, 11) is 0. The number of aromatic nitrogens is 1. The van der Waals surface area contributed by atoms with Crippen LogP contribution >= 0.6 is 0 Å². The number of carbonyl (C=O) groups excluding carboxylic acids is 2. The number of anilines is 1. The molecule has 4 rings (SSSR count). The standard InChI is InChI=1S/C24H20N2O3/c1-16-11-13-18(14-12-16)23(27)22-21(19-9-5-6-10-20(19)25-22)26-24(28)29-15-17-7-3-2-4-8-17/h2-14,25H,15H2,1H3,(H,26,28). The van der Waals surface area contributed by atoms with E-state index in [0.29, 0.717) is 16.9 Å². The van der Waals surface area contributed by atoms with Crippen molar-refractivity contribution < 1.29 is 14.3 Å². The number of nitrogens with one attached hydrogen (secondary N) is 2. The Morgan fingerprint density at radius 2 is 1.59 bits per heavy atom. The van der Waals surface area contributed by atoms with Crippen LogP contribution in [0.3, 0.4) is 0 Å². The van der Waals surface area contributed by atoms with E-state index in [9.17, 15) is 9.59 Å². The van der Waals surface area contributed by atoms with Gasteiger partial charge >= 0.3 is 6.09 Å². The molecule has 1 amide bonds. The number of fused-ring (bicyclic) bond motifs is 1. The van der Waals surface area contributed by atoms with Crippen LogP contribution in [0.1, 0.15) is 27.2 Å². The van der Waals surface area contributed by atoms with Crippen molar-refractivity contribution in [3.05, 3.63) is 101 Å². The monoisotopic (exact) mass is 384 g/mol. The van der Waals surface area contributed by atoms with E-state index in [2.05, 4.69) is 10.3 Å². The Hall–Kier alpha value is -3.86. The summed E-state index contributed by atoms with van der Waals surface area (Å²) in [4.78, 5) is 28.6. The number of ketones is 1. The highest BCUT2D eigenvalue weighted by molar-refractivity contribution is 6.18. The molecule has 4 aromatic rings. The second kappa shape index (κ2) is 8.02. The lowest BCUT2D eigenvalue weighted by Crippen LogP contribution is -2.16. The van der Waals surface area contributed by atoms with Crippen molar-refractivity contribution in [2.45, 2.75) is 13.5 Å². The van der Waals surface area contributed by atoms with Crippen LogP contribution in [0.15, 0.2) is 78.9 Å². The number of rotatable bonds is 5. The van der Waals surface area contributed by atoms with E-state index in [1.165, 1.54) is 0 Å². The van der Waals surface area contributed by atoms with Crippen molar-refractivity contribution in [2.24, 2.45) is 0 Å². The van der Waals surface area contributed by atoms with Crippen molar-refractivity contribution >= 4 is 28.5 Å². The smallest absolute Gasteiger partial charge is 0.412 e. The molecule has 0 unspecified atom stereocenters. The zero-order valence-electron chi connectivity index (χ0n) is 15.9. The molecule has 1 aromatic heterocycles. The normalized spacial score (nSPS) is 10.7. The van der Waals surface area contributed by atoms with E-state index in [1.54, 1.807) is 12.1 Å². The van der Waals surface area contributed by atoms with Crippen LogP contribution in [0.25, 0.3) is 10.9 Å². The second-order valence-corrected chi connectivity index (χ2v) is 6.80. The summed E-state index contributed by atoms with van der Waals surface area (Å²) < 4.78 is 5.33. The molecular formula is C24H20N2O3. The van der Waals surface area contributed by atoms with Gasteiger partial charge in [-0.05, 0) is 18.6 Å². The predicted molar refractivity (Wildman–Crippen MR) is 113 cm³/mol. The lowest BCUT2D eigenvalue weighted by atomic mass is 10.1. The number of H-pyrrole nitrogens is 1. The summed E-state index contributed by atoms with van der Waals surface area (Å²) in [6, 6.07) is 24.2. The SMILES string of the molecule is Cc1ccc(C(=O)c2[nH]c3ccccc3c2NC(=O)OCc2ccccc2)cc1.